The molecule has 8 heteroatoms. The van der Waals surface area contributed by atoms with Crippen LogP contribution >= 0.6 is 0 Å². The number of aromatic nitrogens is 4. The molecule has 8 nitrogen and oxygen atoms in total. The van der Waals surface area contributed by atoms with E-state index >= 15 is 0 Å². The molecule has 0 amide bonds. The molecule has 2 aliphatic rings. The Kier molecular flexibility index (Phi) is 6.72. The standard InChI is InChI=1S/C27H31N7O/c1-4-5-23-25-19(8-11-28-23)14-24(20-15-30-27(35-3)31-16-20)33-26(25)32-21-6-7-22(29-17-21)18-9-12-34(2)13-10-18/h5-8,11,14-18,28H,4,9-10,12-13H2,1-3H3,(H,32,33)/b23-5-. The van der Waals surface area contributed by atoms with Crippen LogP contribution in [-0.2, 0) is 0 Å². The summed E-state index contributed by atoms with van der Waals surface area (Å²) in [6, 6.07) is 6.65. The van der Waals surface area contributed by atoms with E-state index in [9.17, 15) is 0 Å². The third-order valence-corrected chi connectivity index (χ3v) is 6.52. The van der Waals surface area contributed by atoms with E-state index in [1.54, 1.807) is 19.5 Å². The van der Waals surface area contributed by atoms with Crippen LogP contribution in [0.5, 0.6) is 6.01 Å². The molecule has 2 aliphatic heterocycles. The van der Waals surface area contributed by atoms with Crippen molar-refractivity contribution < 1.29 is 4.74 Å². The van der Waals surface area contributed by atoms with E-state index in [1.807, 2.05) is 12.4 Å². The Morgan fingerprint density at radius 3 is 2.63 bits per heavy atom. The number of nitrogens with one attached hydrogen (secondary N) is 2. The van der Waals surface area contributed by atoms with Crippen LogP contribution in [0.3, 0.4) is 0 Å². The van der Waals surface area contributed by atoms with Crippen LogP contribution in [0.15, 0.2) is 49.1 Å². The highest BCUT2D eigenvalue weighted by atomic mass is 16.5. The molecule has 0 bridgehead atoms. The molecule has 180 valence electrons. The van der Waals surface area contributed by atoms with Gasteiger partial charge in [0.1, 0.15) is 5.82 Å². The fourth-order valence-electron chi connectivity index (χ4n) is 4.59. The molecule has 0 spiro atoms. The Morgan fingerprint density at radius 1 is 1.14 bits per heavy atom. The molecule has 35 heavy (non-hydrogen) atoms. The first-order valence-electron chi connectivity index (χ1n) is 12.1. The van der Waals surface area contributed by atoms with Gasteiger partial charge in [0.25, 0.3) is 0 Å². The molecular formula is C27H31N7O. The number of allylic oxidation sites excluding steroid dienone is 1. The van der Waals surface area contributed by atoms with Crippen LogP contribution in [0.1, 0.15) is 48.9 Å². The van der Waals surface area contributed by atoms with E-state index in [0.717, 1.165) is 71.9 Å². The highest BCUT2D eigenvalue weighted by Gasteiger charge is 2.21. The van der Waals surface area contributed by atoms with Crippen molar-refractivity contribution in [2.75, 3.05) is 32.6 Å². The van der Waals surface area contributed by atoms with Gasteiger partial charge in [0.2, 0.25) is 0 Å². The molecule has 5 rings (SSSR count). The molecule has 3 aromatic heterocycles. The van der Waals surface area contributed by atoms with Crippen molar-refractivity contribution in [3.05, 3.63) is 65.9 Å². The average Bonchev–Trinajstić information content (AvgIpc) is 2.90. The van der Waals surface area contributed by atoms with Gasteiger partial charge in [0.15, 0.2) is 0 Å². The SMILES string of the molecule is CC/C=C1\NC=Cc2cc(-c3cnc(OC)nc3)nc(Nc3ccc(C4CCN(C)CC4)nc3)c21. The molecule has 0 unspecified atom stereocenters. The number of nitrogens with zero attached hydrogens (tertiary/aromatic N) is 5. The summed E-state index contributed by atoms with van der Waals surface area (Å²) in [6.07, 6.45) is 14.8. The minimum atomic E-state index is 0.332. The Bertz CT molecular complexity index is 1230. The maximum Gasteiger partial charge on any atom is 0.316 e. The van der Waals surface area contributed by atoms with Crippen LogP contribution in [0.2, 0.25) is 0 Å². The summed E-state index contributed by atoms with van der Waals surface area (Å²) in [6.45, 7) is 4.37. The lowest BCUT2D eigenvalue weighted by molar-refractivity contribution is 0.253. The molecule has 0 radical (unpaired) electrons. The van der Waals surface area contributed by atoms with Gasteiger partial charge >= 0.3 is 6.01 Å². The van der Waals surface area contributed by atoms with Gasteiger partial charge in [-0.25, -0.2) is 15.0 Å². The number of hydrogen-bond donors (Lipinski definition) is 2. The lowest BCUT2D eigenvalue weighted by Gasteiger charge is -2.28. The number of rotatable bonds is 6. The molecular weight excluding hydrogens is 438 g/mol. The highest BCUT2D eigenvalue weighted by Crippen LogP contribution is 2.35. The maximum absolute atomic E-state index is 5.11. The zero-order valence-corrected chi connectivity index (χ0v) is 20.5. The van der Waals surface area contributed by atoms with Crippen LogP contribution in [0.25, 0.3) is 23.0 Å². The third-order valence-electron chi connectivity index (χ3n) is 6.52. The van der Waals surface area contributed by atoms with Crippen molar-refractivity contribution in [1.29, 1.82) is 0 Å². The number of piperidine rings is 1. The molecule has 1 saturated heterocycles. The van der Waals surface area contributed by atoms with E-state index in [2.05, 4.69) is 69.8 Å². The zero-order valence-electron chi connectivity index (χ0n) is 20.5. The van der Waals surface area contributed by atoms with Crippen molar-refractivity contribution in [2.45, 2.75) is 32.1 Å². The molecule has 0 saturated carbocycles. The van der Waals surface area contributed by atoms with Gasteiger partial charge in [-0.1, -0.05) is 13.0 Å². The van der Waals surface area contributed by atoms with E-state index in [-0.39, 0.29) is 0 Å². The number of methoxy groups -OCH3 is 1. The number of likely N-dealkylation sites (tertiary alicyclic amines) is 1. The molecule has 5 heterocycles. The van der Waals surface area contributed by atoms with Crippen LogP contribution in [-0.4, -0.2) is 52.1 Å². The Hall–Kier alpha value is -3.78. The van der Waals surface area contributed by atoms with E-state index < -0.39 is 0 Å². The number of ether oxygens (including phenoxy) is 1. The zero-order chi connectivity index (χ0) is 24.2. The van der Waals surface area contributed by atoms with Gasteiger partial charge in [-0.15, -0.1) is 0 Å². The first kappa shape index (κ1) is 23.0. The highest BCUT2D eigenvalue weighted by molar-refractivity contribution is 5.87. The van der Waals surface area contributed by atoms with Gasteiger partial charge < -0.3 is 20.3 Å². The smallest absolute Gasteiger partial charge is 0.316 e. The summed E-state index contributed by atoms with van der Waals surface area (Å²) in [5.74, 6) is 1.29. The van der Waals surface area contributed by atoms with Crippen molar-refractivity contribution in [3.63, 3.8) is 0 Å². The average molecular weight is 470 g/mol. The van der Waals surface area contributed by atoms with Crippen LogP contribution in [0.4, 0.5) is 11.5 Å². The summed E-state index contributed by atoms with van der Waals surface area (Å²) in [5.41, 5.74) is 6.82. The van der Waals surface area contributed by atoms with Crippen LogP contribution in [0, 0.1) is 0 Å². The number of fused-ring (bicyclic) bond motifs is 1. The molecule has 2 N–H and O–H groups in total. The molecule has 3 aromatic rings. The minimum Gasteiger partial charge on any atom is -0.467 e. The van der Waals surface area contributed by atoms with Gasteiger partial charge in [0.05, 0.1) is 24.7 Å². The van der Waals surface area contributed by atoms with Crippen molar-refractivity contribution in [1.82, 2.24) is 30.2 Å². The number of hydrogen-bond acceptors (Lipinski definition) is 8. The minimum absolute atomic E-state index is 0.332. The number of pyridine rings is 2. The van der Waals surface area contributed by atoms with Gasteiger partial charge in [-0.2, -0.15) is 0 Å². The Labute approximate surface area is 206 Å². The lowest BCUT2D eigenvalue weighted by Crippen LogP contribution is -2.29. The second-order valence-electron chi connectivity index (χ2n) is 8.96. The second-order valence-corrected chi connectivity index (χ2v) is 8.96. The first-order chi connectivity index (χ1) is 17.1. The van der Waals surface area contributed by atoms with Crippen molar-refractivity contribution >= 4 is 23.3 Å². The first-order valence-corrected chi connectivity index (χ1v) is 12.1. The van der Waals surface area contributed by atoms with Gasteiger partial charge in [0, 0.05) is 47.0 Å². The van der Waals surface area contributed by atoms with E-state index in [0.29, 0.717) is 11.9 Å². The Balaban J connectivity index is 1.49. The fourth-order valence-corrected chi connectivity index (χ4v) is 4.59. The lowest BCUT2D eigenvalue weighted by atomic mass is 9.93. The predicted octanol–water partition coefficient (Wildman–Crippen LogP) is 4.82. The van der Waals surface area contributed by atoms with Crippen LogP contribution < -0.4 is 15.4 Å². The van der Waals surface area contributed by atoms with Gasteiger partial charge in [-0.3, -0.25) is 4.98 Å². The van der Waals surface area contributed by atoms with E-state index in [1.165, 1.54) is 5.69 Å². The summed E-state index contributed by atoms with van der Waals surface area (Å²) < 4.78 is 5.11. The summed E-state index contributed by atoms with van der Waals surface area (Å²) >= 11 is 0. The molecule has 0 atom stereocenters. The van der Waals surface area contributed by atoms with Crippen molar-refractivity contribution in [3.8, 4) is 17.3 Å². The summed E-state index contributed by atoms with van der Waals surface area (Å²) in [7, 11) is 3.74. The third kappa shape index (κ3) is 5.02. The second kappa shape index (κ2) is 10.2. The molecule has 0 aromatic carbocycles. The quantitative estimate of drug-likeness (QED) is 0.531. The normalized spacial score (nSPS) is 17.2. The molecule has 1 fully saturated rings. The molecule has 0 aliphatic carbocycles. The van der Waals surface area contributed by atoms with Crippen molar-refractivity contribution in [2.24, 2.45) is 0 Å². The largest absolute Gasteiger partial charge is 0.467 e. The number of anilines is 2. The predicted molar refractivity (Wildman–Crippen MR) is 139 cm³/mol. The monoisotopic (exact) mass is 469 g/mol. The summed E-state index contributed by atoms with van der Waals surface area (Å²) in [4.78, 5) is 20.7. The van der Waals surface area contributed by atoms with E-state index in [4.69, 9.17) is 14.7 Å². The fraction of sp³-hybridized carbons (Fsp3) is 0.333. The Morgan fingerprint density at radius 2 is 1.94 bits per heavy atom. The van der Waals surface area contributed by atoms with Gasteiger partial charge in [-0.05, 0) is 69.2 Å². The topological polar surface area (TPSA) is 88.1 Å². The maximum atomic E-state index is 5.11. The summed E-state index contributed by atoms with van der Waals surface area (Å²) in [5, 5.41) is 6.90.